The molecule has 1 N–H and O–H groups in total. The molecule has 4 rings (SSSR count). The summed E-state index contributed by atoms with van der Waals surface area (Å²) in [4.78, 5) is 39.8. The molecule has 0 saturated carbocycles. The van der Waals surface area contributed by atoms with E-state index in [0.717, 1.165) is 5.56 Å². The molecule has 1 saturated heterocycles. The first-order chi connectivity index (χ1) is 14.4. The van der Waals surface area contributed by atoms with Crippen LogP contribution in [0, 0.1) is 5.82 Å². The summed E-state index contributed by atoms with van der Waals surface area (Å²) in [6.07, 6.45) is 0.836. The highest BCUT2D eigenvalue weighted by molar-refractivity contribution is 6.39. The van der Waals surface area contributed by atoms with Crippen molar-refractivity contribution in [1.29, 1.82) is 0 Å². The quantitative estimate of drug-likeness (QED) is 0.449. The number of amides is 2. The molecule has 2 heterocycles. The fourth-order valence-electron chi connectivity index (χ4n) is 3.58. The number of hydrogen-bond donors (Lipinski definition) is 1. The topological polar surface area (TPSA) is 79.0 Å². The Bertz CT molecular complexity index is 1030. The zero-order valence-electron chi connectivity index (χ0n) is 16.0. The lowest BCUT2D eigenvalue weighted by Crippen LogP contribution is -2.41. The predicted octanol–water partition coefficient (Wildman–Crippen LogP) is 2.62. The molecule has 9 heteroatoms. The van der Waals surface area contributed by atoms with Crippen LogP contribution >= 0.6 is 11.6 Å². The SMILES string of the molecule is O=C1Cc2ccc(NC(=O)C(=O)N3CCCN(c4ccc(Cl)c(F)c4)CC3)cc2O1. The highest BCUT2D eigenvalue weighted by atomic mass is 35.5. The summed E-state index contributed by atoms with van der Waals surface area (Å²) in [5.74, 6) is -1.85. The van der Waals surface area contributed by atoms with Crippen molar-refractivity contribution in [1.82, 2.24) is 4.90 Å². The molecule has 0 aromatic heterocycles. The van der Waals surface area contributed by atoms with Crippen LogP contribution in [0.2, 0.25) is 5.02 Å². The molecule has 1 fully saturated rings. The number of carbonyl (C=O) groups excluding carboxylic acids is 3. The molecular formula is C21H19ClFN3O4. The lowest BCUT2D eigenvalue weighted by Gasteiger charge is -2.23. The fourth-order valence-corrected chi connectivity index (χ4v) is 3.69. The number of carbonyl (C=O) groups is 3. The number of ether oxygens (including phenoxy) is 1. The minimum atomic E-state index is -0.759. The first-order valence-electron chi connectivity index (χ1n) is 9.54. The molecular weight excluding hydrogens is 413 g/mol. The van der Waals surface area contributed by atoms with Gasteiger partial charge in [-0.2, -0.15) is 0 Å². The van der Waals surface area contributed by atoms with Crippen LogP contribution in [-0.2, 0) is 20.8 Å². The van der Waals surface area contributed by atoms with E-state index < -0.39 is 17.6 Å². The van der Waals surface area contributed by atoms with Crippen molar-refractivity contribution in [2.75, 3.05) is 36.4 Å². The van der Waals surface area contributed by atoms with Gasteiger partial charge in [0, 0.05) is 49.2 Å². The fraction of sp³-hybridized carbons (Fsp3) is 0.286. The van der Waals surface area contributed by atoms with Gasteiger partial charge < -0.3 is 19.9 Å². The van der Waals surface area contributed by atoms with Crippen LogP contribution in [0.1, 0.15) is 12.0 Å². The Hall–Kier alpha value is -3.13. The third-order valence-corrected chi connectivity index (χ3v) is 5.44. The summed E-state index contributed by atoms with van der Waals surface area (Å²) in [5.41, 5.74) is 1.81. The lowest BCUT2D eigenvalue weighted by atomic mass is 10.1. The van der Waals surface area contributed by atoms with Gasteiger partial charge in [0.1, 0.15) is 11.6 Å². The van der Waals surface area contributed by atoms with E-state index in [2.05, 4.69) is 5.32 Å². The monoisotopic (exact) mass is 431 g/mol. The zero-order chi connectivity index (χ0) is 21.3. The predicted molar refractivity (Wildman–Crippen MR) is 109 cm³/mol. The van der Waals surface area contributed by atoms with E-state index in [4.69, 9.17) is 16.3 Å². The molecule has 30 heavy (non-hydrogen) atoms. The summed E-state index contributed by atoms with van der Waals surface area (Å²) in [6.45, 7) is 1.84. The molecule has 0 spiro atoms. The Morgan fingerprint density at radius 3 is 2.70 bits per heavy atom. The molecule has 0 bridgehead atoms. The molecule has 2 aromatic carbocycles. The van der Waals surface area contributed by atoms with Gasteiger partial charge in [0.05, 0.1) is 11.4 Å². The summed E-state index contributed by atoms with van der Waals surface area (Å²) < 4.78 is 18.8. The zero-order valence-corrected chi connectivity index (χ0v) is 16.7. The van der Waals surface area contributed by atoms with Crippen LogP contribution in [0.3, 0.4) is 0 Å². The van der Waals surface area contributed by atoms with Crippen LogP contribution < -0.4 is 15.0 Å². The van der Waals surface area contributed by atoms with Crippen molar-refractivity contribution >= 4 is 40.8 Å². The second kappa shape index (κ2) is 8.31. The Balaban J connectivity index is 1.37. The molecule has 2 amide bonds. The number of rotatable bonds is 2. The first kappa shape index (κ1) is 20.2. The normalized spacial score (nSPS) is 16.0. The van der Waals surface area contributed by atoms with Crippen molar-refractivity contribution in [2.45, 2.75) is 12.8 Å². The minimum absolute atomic E-state index is 0.0587. The van der Waals surface area contributed by atoms with Crippen LogP contribution in [-0.4, -0.2) is 48.9 Å². The number of fused-ring (bicyclic) bond motifs is 1. The molecule has 156 valence electrons. The third-order valence-electron chi connectivity index (χ3n) is 5.13. The third kappa shape index (κ3) is 4.23. The Labute approximate surface area is 177 Å². The molecule has 0 unspecified atom stereocenters. The largest absolute Gasteiger partial charge is 0.426 e. The van der Waals surface area contributed by atoms with E-state index in [1.807, 2.05) is 4.90 Å². The molecule has 0 atom stereocenters. The van der Waals surface area contributed by atoms with Crippen molar-refractivity contribution in [2.24, 2.45) is 0 Å². The van der Waals surface area contributed by atoms with E-state index in [0.29, 0.717) is 49.7 Å². The number of halogens is 2. The maximum Gasteiger partial charge on any atom is 0.315 e. The number of anilines is 2. The molecule has 7 nitrogen and oxygen atoms in total. The van der Waals surface area contributed by atoms with Crippen molar-refractivity contribution in [3.63, 3.8) is 0 Å². The Morgan fingerprint density at radius 1 is 1.07 bits per heavy atom. The first-order valence-corrected chi connectivity index (χ1v) is 9.92. The number of benzene rings is 2. The number of esters is 1. The number of nitrogens with one attached hydrogen (secondary N) is 1. The highest BCUT2D eigenvalue weighted by Gasteiger charge is 2.26. The van der Waals surface area contributed by atoms with Crippen molar-refractivity contribution in [3.05, 3.63) is 52.8 Å². The summed E-state index contributed by atoms with van der Waals surface area (Å²) >= 11 is 5.74. The summed E-state index contributed by atoms with van der Waals surface area (Å²) in [6, 6.07) is 9.45. The van der Waals surface area contributed by atoms with Crippen LogP contribution in [0.4, 0.5) is 15.8 Å². The average molecular weight is 432 g/mol. The van der Waals surface area contributed by atoms with Gasteiger partial charge in [-0.15, -0.1) is 0 Å². The van der Waals surface area contributed by atoms with E-state index >= 15 is 0 Å². The van der Waals surface area contributed by atoms with Gasteiger partial charge in [0.25, 0.3) is 0 Å². The maximum absolute atomic E-state index is 13.8. The molecule has 0 radical (unpaired) electrons. The van der Waals surface area contributed by atoms with Gasteiger partial charge in [-0.25, -0.2) is 4.39 Å². The second-order valence-corrected chi connectivity index (χ2v) is 7.57. The van der Waals surface area contributed by atoms with Gasteiger partial charge in [-0.3, -0.25) is 14.4 Å². The summed E-state index contributed by atoms with van der Waals surface area (Å²) in [5, 5.41) is 2.62. The van der Waals surface area contributed by atoms with Crippen molar-refractivity contribution < 1.29 is 23.5 Å². The second-order valence-electron chi connectivity index (χ2n) is 7.16. The number of hydrogen-bond acceptors (Lipinski definition) is 5. The molecule has 2 aromatic rings. The van der Waals surface area contributed by atoms with E-state index in [-0.39, 0.29) is 17.4 Å². The van der Waals surface area contributed by atoms with E-state index in [1.54, 1.807) is 18.2 Å². The highest BCUT2D eigenvalue weighted by Crippen LogP contribution is 2.29. The Kier molecular flexibility index (Phi) is 5.59. The van der Waals surface area contributed by atoms with Gasteiger partial charge in [-0.1, -0.05) is 17.7 Å². The molecule has 0 aliphatic carbocycles. The smallest absolute Gasteiger partial charge is 0.315 e. The van der Waals surface area contributed by atoms with Crippen LogP contribution in [0.15, 0.2) is 36.4 Å². The number of nitrogens with zero attached hydrogens (tertiary/aromatic N) is 2. The van der Waals surface area contributed by atoms with Crippen molar-refractivity contribution in [3.8, 4) is 5.75 Å². The lowest BCUT2D eigenvalue weighted by molar-refractivity contribution is -0.143. The van der Waals surface area contributed by atoms with Crippen LogP contribution in [0.25, 0.3) is 0 Å². The molecule has 2 aliphatic heterocycles. The minimum Gasteiger partial charge on any atom is -0.426 e. The maximum atomic E-state index is 13.8. The average Bonchev–Trinajstić information content (AvgIpc) is 2.93. The van der Waals surface area contributed by atoms with Gasteiger partial charge >= 0.3 is 17.8 Å². The van der Waals surface area contributed by atoms with E-state index in [1.165, 1.54) is 23.1 Å². The molecule has 2 aliphatic rings. The van der Waals surface area contributed by atoms with Gasteiger partial charge in [0.15, 0.2) is 0 Å². The standard InChI is InChI=1S/C21H19ClFN3O4/c22-16-5-4-15(12-17(16)23)25-6-1-7-26(9-8-25)21(29)20(28)24-14-3-2-13-10-19(27)30-18(13)11-14/h2-5,11-12H,1,6-10H2,(H,24,28). The van der Waals surface area contributed by atoms with Crippen LogP contribution in [0.5, 0.6) is 5.75 Å². The summed E-state index contributed by atoms with van der Waals surface area (Å²) in [7, 11) is 0. The van der Waals surface area contributed by atoms with Gasteiger partial charge in [-0.05, 0) is 30.7 Å². The van der Waals surface area contributed by atoms with Gasteiger partial charge in [0.2, 0.25) is 0 Å². The van der Waals surface area contributed by atoms with E-state index in [9.17, 15) is 18.8 Å². The Morgan fingerprint density at radius 2 is 1.90 bits per heavy atom.